The van der Waals surface area contributed by atoms with Gasteiger partial charge in [-0.05, 0) is 44.0 Å². The zero-order valence-corrected chi connectivity index (χ0v) is 18.7. The molecule has 0 saturated heterocycles. The van der Waals surface area contributed by atoms with Crippen molar-refractivity contribution in [1.29, 1.82) is 0 Å². The molecule has 0 fully saturated rings. The van der Waals surface area contributed by atoms with E-state index in [1.54, 1.807) is 37.3 Å². The molecule has 0 radical (unpaired) electrons. The van der Waals surface area contributed by atoms with Gasteiger partial charge in [0.15, 0.2) is 5.76 Å². The molecule has 0 saturated carbocycles. The summed E-state index contributed by atoms with van der Waals surface area (Å²) in [6, 6.07) is 13.6. The van der Waals surface area contributed by atoms with Crippen molar-refractivity contribution in [2.45, 2.75) is 26.2 Å². The van der Waals surface area contributed by atoms with Crippen molar-refractivity contribution in [1.82, 2.24) is 16.3 Å². The van der Waals surface area contributed by atoms with Crippen LogP contribution in [-0.2, 0) is 6.42 Å². The number of nitrogens with zero attached hydrogens (tertiary/aromatic N) is 2. The standard InChI is InChI=1S/C24H21N5O6/c1-14-20-18(25-26-23(31)16-10-12-17(13-11-16)29(33)34)8-5-9-19(20)35-21(14)24(32)28-27-22(30)15-6-3-2-4-7-15/h2-4,6-7,10-13H,5,8-9H2,1H3,(H,26,31)(H,27,30)(H,28,32)/b25-18+. The van der Waals surface area contributed by atoms with Gasteiger partial charge in [-0.3, -0.25) is 35.3 Å². The van der Waals surface area contributed by atoms with E-state index < -0.39 is 22.6 Å². The number of non-ortho nitro benzene ring substituents is 1. The number of fused-ring (bicyclic) bond motifs is 1. The lowest BCUT2D eigenvalue weighted by Gasteiger charge is -2.13. The monoisotopic (exact) mass is 475 g/mol. The van der Waals surface area contributed by atoms with E-state index in [4.69, 9.17) is 4.42 Å². The molecule has 2 aromatic carbocycles. The number of carbonyl (C=O) groups is 3. The number of hydrogen-bond donors (Lipinski definition) is 3. The Morgan fingerprint density at radius 3 is 2.26 bits per heavy atom. The summed E-state index contributed by atoms with van der Waals surface area (Å²) in [5, 5.41) is 15.0. The van der Waals surface area contributed by atoms with Gasteiger partial charge in [-0.1, -0.05) is 18.2 Å². The van der Waals surface area contributed by atoms with Crippen molar-refractivity contribution >= 4 is 29.1 Å². The molecule has 11 nitrogen and oxygen atoms in total. The third kappa shape index (κ3) is 5.08. The number of hydrazone groups is 1. The second-order valence-corrected chi connectivity index (χ2v) is 7.79. The predicted octanol–water partition coefficient (Wildman–Crippen LogP) is 3.04. The zero-order chi connectivity index (χ0) is 24.9. The zero-order valence-electron chi connectivity index (χ0n) is 18.7. The average Bonchev–Trinajstić information content (AvgIpc) is 3.23. The fourth-order valence-electron chi connectivity index (χ4n) is 3.75. The maximum absolute atomic E-state index is 12.7. The number of hydrazine groups is 1. The second-order valence-electron chi connectivity index (χ2n) is 7.79. The van der Waals surface area contributed by atoms with Gasteiger partial charge in [0.1, 0.15) is 5.76 Å². The third-order valence-corrected chi connectivity index (χ3v) is 5.49. The summed E-state index contributed by atoms with van der Waals surface area (Å²) in [5.74, 6) is -1.00. The summed E-state index contributed by atoms with van der Waals surface area (Å²) in [4.78, 5) is 47.5. The van der Waals surface area contributed by atoms with Crippen LogP contribution in [0.4, 0.5) is 5.69 Å². The Morgan fingerprint density at radius 2 is 1.57 bits per heavy atom. The summed E-state index contributed by atoms with van der Waals surface area (Å²) in [6.45, 7) is 1.70. The molecule has 1 heterocycles. The highest BCUT2D eigenvalue weighted by Gasteiger charge is 2.28. The first-order valence-electron chi connectivity index (χ1n) is 10.7. The number of nitro benzene ring substituents is 1. The summed E-state index contributed by atoms with van der Waals surface area (Å²) >= 11 is 0. The van der Waals surface area contributed by atoms with Crippen LogP contribution in [0.1, 0.15) is 61.0 Å². The normalized spacial score (nSPS) is 13.6. The van der Waals surface area contributed by atoms with Gasteiger partial charge in [-0.25, -0.2) is 5.43 Å². The maximum atomic E-state index is 12.7. The molecule has 0 atom stereocenters. The number of rotatable bonds is 5. The molecule has 3 N–H and O–H groups in total. The van der Waals surface area contributed by atoms with Crippen molar-refractivity contribution in [2.24, 2.45) is 5.10 Å². The Kier molecular flexibility index (Phi) is 6.67. The molecule has 0 bridgehead atoms. The van der Waals surface area contributed by atoms with Crippen LogP contribution in [0, 0.1) is 17.0 Å². The van der Waals surface area contributed by atoms with E-state index in [0.717, 1.165) is 0 Å². The Morgan fingerprint density at radius 1 is 0.914 bits per heavy atom. The lowest BCUT2D eigenvalue weighted by Crippen LogP contribution is -2.41. The molecule has 35 heavy (non-hydrogen) atoms. The minimum Gasteiger partial charge on any atom is -0.455 e. The van der Waals surface area contributed by atoms with E-state index in [1.807, 2.05) is 0 Å². The van der Waals surface area contributed by atoms with E-state index in [0.29, 0.717) is 47.4 Å². The lowest BCUT2D eigenvalue weighted by molar-refractivity contribution is -0.384. The highest BCUT2D eigenvalue weighted by atomic mass is 16.6. The Labute approximate surface area is 199 Å². The van der Waals surface area contributed by atoms with E-state index in [-0.39, 0.29) is 17.0 Å². The minimum atomic E-state index is -0.615. The van der Waals surface area contributed by atoms with Crippen LogP contribution < -0.4 is 16.3 Å². The van der Waals surface area contributed by atoms with Crippen LogP contribution in [0.2, 0.25) is 0 Å². The molecular formula is C24H21N5O6. The third-order valence-electron chi connectivity index (χ3n) is 5.49. The molecule has 178 valence electrons. The van der Waals surface area contributed by atoms with Gasteiger partial charge in [0, 0.05) is 40.8 Å². The lowest BCUT2D eigenvalue weighted by atomic mass is 9.93. The molecule has 3 amide bonds. The first-order chi connectivity index (χ1) is 16.8. The quantitative estimate of drug-likeness (QED) is 0.380. The molecule has 3 aromatic rings. The minimum absolute atomic E-state index is 0.0413. The fourth-order valence-corrected chi connectivity index (χ4v) is 3.75. The molecule has 4 rings (SSSR count). The van der Waals surface area contributed by atoms with Crippen LogP contribution >= 0.6 is 0 Å². The van der Waals surface area contributed by atoms with E-state index >= 15 is 0 Å². The topological polar surface area (TPSA) is 156 Å². The molecule has 0 unspecified atom stereocenters. The van der Waals surface area contributed by atoms with Gasteiger partial charge < -0.3 is 4.42 Å². The summed E-state index contributed by atoms with van der Waals surface area (Å²) < 4.78 is 5.77. The number of benzene rings is 2. The summed E-state index contributed by atoms with van der Waals surface area (Å²) in [5.41, 5.74) is 9.39. The number of aryl methyl sites for hydroxylation is 1. The van der Waals surface area contributed by atoms with Gasteiger partial charge in [0.2, 0.25) is 0 Å². The SMILES string of the molecule is Cc1c(C(=O)NNC(=O)c2ccccc2)oc2c1/C(=N/NC(=O)c1ccc([N+](=O)[O-])cc1)CCC2. The van der Waals surface area contributed by atoms with Crippen molar-refractivity contribution in [2.75, 3.05) is 0 Å². The summed E-state index contributed by atoms with van der Waals surface area (Å²) in [7, 11) is 0. The largest absolute Gasteiger partial charge is 0.455 e. The average molecular weight is 475 g/mol. The van der Waals surface area contributed by atoms with Crippen LogP contribution in [-0.4, -0.2) is 28.4 Å². The highest BCUT2D eigenvalue weighted by Crippen LogP contribution is 2.29. The van der Waals surface area contributed by atoms with E-state index in [2.05, 4.69) is 21.4 Å². The number of nitrogens with one attached hydrogen (secondary N) is 3. The second kappa shape index (κ2) is 10.00. The number of nitro groups is 1. The van der Waals surface area contributed by atoms with Crippen LogP contribution in [0.5, 0.6) is 0 Å². The molecule has 0 aliphatic heterocycles. The van der Waals surface area contributed by atoms with Gasteiger partial charge in [-0.15, -0.1) is 0 Å². The molecule has 1 aromatic heterocycles. The molecule has 1 aliphatic carbocycles. The van der Waals surface area contributed by atoms with Crippen LogP contribution in [0.3, 0.4) is 0 Å². The van der Waals surface area contributed by atoms with Gasteiger partial charge in [-0.2, -0.15) is 5.10 Å². The van der Waals surface area contributed by atoms with E-state index in [9.17, 15) is 24.5 Å². The van der Waals surface area contributed by atoms with Gasteiger partial charge in [0.25, 0.3) is 17.5 Å². The summed E-state index contributed by atoms with van der Waals surface area (Å²) in [6.07, 6.45) is 1.85. The molecule has 11 heteroatoms. The smallest absolute Gasteiger partial charge is 0.305 e. The first kappa shape index (κ1) is 23.4. The number of amides is 3. The van der Waals surface area contributed by atoms with Crippen molar-refractivity contribution in [3.63, 3.8) is 0 Å². The maximum Gasteiger partial charge on any atom is 0.305 e. The number of carbonyl (C=O) groups excluding carboxylic acids is 3. The first-order valence-corrected chi connectivity index (χ1v) is 10.7. The molecular weight excluding hydrogens is 454 g/mol. The molecule has 1 aliphatic rings. The predicted molar refractivity (Wildman–Crippen MR) is 125 cm³/mol. The van der Waals surface area contributed by atoms with Crippen molar-refractivity contribution < 1.29 is 23.7 Å². The van der Waals surface area contributed by atoms with Gasteiger partial charge in [0.05, 0.1) is 10.6 Å². The Hall–Kier alpha value is -4.80. The number of furan rings is 1. The highest BCUT2D eigenvalue weighted by molar-refractivity contribution is 6.07. The van der Waals surface area contributed by atoms with Gasteiger partial charge >= 0.3 is 5.91 Å². The van der Waals surface area contributed by atoms with E-state index in [1.165, 1.54) is 24.3 Å². The number of hydrogen-bond acceptors (Lipinski definition) is 7. The Bertz CT molecular complexity index is 1330. The van der Waals surface area contributed by atoms with Crippen LogP contribution in [0.15, 0.2) is 64.1 Å². The van der Waals surface area contributed by atoms with Crippen LogP contribution in [0.25, 0.3) is 0 Å². The molecule has 0 spiro atoms. The van der Waals surface area contributed by atoms with Crippen molar-refractivity contribution in [3.8, 4) is 0 Å². The Balaban J connectivity index is 1.47. The fraction of sp³-hybridized carbons (Fsp3) is 0.167. The van der Waals surface area contributed by atoms with Crippen molar-refractivity contribution in [3.05, 3.63) is 98.5 Å².